The van der Waals surface area contributed by atoms with Gasteiger partial charge in [-0.1, -0.05) is 64.5 Å². The molecule has 0 spiro atoms. The molecule has 24 heavy (non-hydrogen) atoms. The van der Waals surface area contributed by atoms with Gasteiger partial charge in [-0.3, -0.25) is 0 Å². The van der Waals surface area contributed by atoms with E-state index >= 15 is 0 Å². The number of nitrogens with one attached hydrogen (secondary N) is 1. The van der Waals surface area contributed by atoms with Crippen LogP contribution in [0, 0.1) is 0 Å². The van der Waals surface area contributed by atoms with Gasteiger partial charge in [-0.15, -0.1) is 0 Å². The van der Waals surface area contributed by atoms with E-state index in [0.29, 0.717) is 6.04 Å². The van der Waals surface area contributed by atoms with E-state index in [9.17, 15) is 0 Å². The monoisotopic (exact) mass is 386 g/mol. The summed E-state index contributed by atoms with van der Waals surface area (Å²) in [6.07, 6.45) is 3.74. The summed E-state index contributed by atoms with van der Waals surface area (Å²) in [4.78, 5) is 2.40. The molecule has 128 valence electrons. The second-order valence-electron chi connectivity index (χ2n) is 6.92. The van der Waals surface area contributed by atoms with Crippen molar-refractivity contribution in [1.82, 2.24) is 10.2 Å². The average Bonchev–Trinajstić information content (AvgIpc) is 2.55. The van der Waals surface area contributed by atoms with Crippen LogP contribution in [0.2, 0.25) is 0 Å². The Labute approximate surface area is 154 Å². The van der Waals surface area contributed by atoms with Crippen molar-refractivity contribution < 1.29 is 0 Å². The fourth-order valence-electron chi connectivity index (χ4n) is 3.47. The van der Waals surface area contributed by atoms with Crippen LogP contribution in [0.3, 0.4) is 0 Å². The Morgan fingerprint density at radius 3 is 2.50 bits per heavy atom. The highest BCUT2D eigenvalue weighted by Gasteiger charge is 2.30. The molecule has 2 nitrogen and oxygen atoms in total. The molecule has 2 aromatic rings. The first kappa shape index (κ1) is 17.7. The molecule has 1 N–H and O–H groups in total. The van der Waals surface area contributed by atoms with Gasteiger partial charge in [-0.2, -0.15) is 0 Å². The van der Waals surface area contributed by atoms with E-state index in [1.165, 1.54) is 34.9 Å². The van der Waals surface area contributed by atoms with Crippen molar-refractivity contribution in [3.8, 4) is 0 Å². The van der Waals surface area contributed by atoms with Crippen molar-refractivity contribution in [1.29, 1.82) is 0 Å². The van der Waals surface area contributed by atoms with Crippen molar-refractivity contribution >= 4 is 15.9 Å². The highest BCUT2D eigenvalue weighted by atomic mass is 79.9. The number of hydrogen-bond donors (Lipinski definition) is 1. The Bertz CT molecular complexity index is 623. The number of hydrogen-bond acceptors (Lipinski definition) is 2. The van der Waals surface area contributed by atoms with Crippen LogP contribution in [0.1, 0.15) is 36.3 Å². The van der Waals surface area contributed by atoms with E-state index in [2.05, 4.69) is 87.8 Å². The van der Waals surface area contributed by atoms with Crippen LogP contribution >= 0.6 is 15.9 Å². The minimum atomic E-state index is 0.696. The fourth-order valence-corrected chi connectivity index (χ4v) is 4.08. The Balaban J connectivity index is 1.29. The highest BCUT2D eigenvalue weighted by Crippen LogP contribution is 2.39. The van der Waals surface area contributed by atoms with Gasteiger partial charge < -0.3 is 10.2 Å². The largest absolute Gasteiger partial charge is 0.314 e. The molecule has 3 heteroatoms. The summed E-state index contributed by atoms with van der Waals surface area (Å²) in [5, 5.41) is 3.72. The minimum Gasteiger partial charge on any atom is -0.314 e. The number of benzene rings is 2. The lowest BCUT2D eigenvalue weighted by Crippen LogP contribution is -2.41. The molecule has 0 aromatic heterocycles. The molecular weight excluding hydrogens is 360 g/mol. The maximum atomic E-state index is 3.72. The van der Waals surface area contributed by atoms with E-state index in [-0.39, 0.29) is 0 Å². The maximum Gasteiger partial charge on any atom is 0.0230 e. The molecule has 2 aromatic carbocycles. The van der Waals surface area contributed by atoms with Gasteiger partial charge >= 0.3 is 0 Å². The summed E-state index contributed by atoms with van der Waals surface area (Å²) in [6.45, 7) is 3.29. The predicted octanol–water partition coefficient (Wildman–Crippen LogP) is 4.81. The van der Waals surface area contributed by atoms with E-state index in [1.807, 2.05) is 0 Å². The summed E-state index contributed by atoms with van der Waals surface area (Å²) in [7, 11) is 2.21. The molecular formula is C21H27BrN2. The lowest BCUT2D eigenvalue weighted by atomic mass is 9.76. The predicted molar refractivity (Wildman–Crippen MR) is 105 cm³/mol. The van der Waals surface area contributed by atoms with Gasteiger partial charge in [0.05, 0.1) is 0 Å². The molecule has 1 aliphatic rings. The Morgan fingerprint density at radius 2 is 1.75 bits per heavy atom. The first-order valence-electron chi connectivity index (χ1n) is 8.92. The standard InChI is InChI=1S/C21H27BrN2/c1-24(16-17-8-3-2-4-9-17)13-7-12-23-19-14-18(15-19)20-10-5-6-11-21(20)22/h2-6,8-11,18-19,23H,7,12-16H2,1H3. The van der Waals surface area contributed by atoms with Gasteiger partial charge in [0.2, 0.25) is 0 Å². The van der Waals surface area contributed by atoms with E-state index in [1.54, 1.807) is 0 Å². The third-order valence-corrected chi connectivity index (χ3v) is 5.65. The van der Waals surface area contributed by atoms with Crippen molar-refractivity contribution in [3.05, 3.63) is 70.2 Å². The molecule has 0 aliphatic heterocycles. The molecule has 0 bridgehead atoms. The second-order valence-corrected chi connectivity index (χ2v) is 7.77. The first-order chi connectivity index (χ1) is 11.7. The summed E-state index contributed by atoms with van der Waals surface area (Å²) >= 11 is 3.67. The number of halogens is 1. The molecule has 1 fully saturated rings. The van der Waals surface area contributed by atoms with Crippen molar-refractivity contribution in [3.63, 3.8) is 0 Å². The molecule has 1 aliphatic carbocycles. The summed E-state index contributed by atoms with van der Waals surface area (Å²) in [6, 6.07) is 20.0. The van der Waals surface area contributed by atoms with Gasteiger partial charge in [0, 0.05) is 17.1 Å². The zero-order valence-corrected chi connectivity index (χ0v) is 16.0. The lowest BCUT2D eigenvalue weighted by Gasteiger charge is -2.37. The molecule has 0 amide bonds. The maximum absolute atomic E-state index is 3.72. The van der Waals surface area contributed by atoms with Crippen LogP contribution in [0.5, 0.6) is 0 Å². The quantitative estimate of drug-likeness (QED) is 0.654. The molecule has 0 unspecified atom stereocenters. The molecule has 0 atom stereocenters. The topological polar surface area (TPSA) is 15.3 Å². The smallest absolute Gasteiger partial charge is 0.0230 e. The van der Waals surface area contributed by atoms with E-state index in [4.69, 9.17) is 0 Å². The van der Waals surface area contributed by atoms with E-state index < -0.39 is 0 Å². The third-order valence-electron chi connectivity index (χ3n) is 4.93. The SMILES string of the molecule is CN(CCCNC1CC(c2ccccc2Br)C1)Cc1ccccc1. The summed E-state index contributed by atoms with van der Waals surface area (Å²) in [5.74, 6) is 0.721. The first-order valence-corrected chi connectivity index (χ1v) is 9.72. The Kier molecular flexibility index (Phi) is 6.47. The van der Waals surface area contributed by atoms with Crippen LogP contribution in [-0.4, -0.2) is 31.1 Å². The average molecular weight is 387 g/mol. The number of nitrogens with zero attached hydrogens (tertiary/aromatic N) is 1. The van der Waals surface area contributed by atoms with Crippen molar-refractivity contribution in [2.75, 3.05) is 20.1 Å². The second kappa shape index (κ2) is 8.80. The van der Waals surface area contributed by atoms with Crippen molar-refractivity contribution in [2.24, 2.45) is 0 Å². The Morgan fingerprint density at radius 1 is 1.04 bits per heavy atom. The van der Waals surface area contributed by atoms with Gasteiger partial charge in [0.15, 0.2) is 0 Å². The minimum absolute atomic E-state index is 0.696. The van der Waals surface area contributed by atoms with Crippen molar-refractivity contribution in [2.45, 2.75) is 37.8 Å². The van der Waals surface area contributed by atoms with Crippen LogP contribution in [-0.2, 0) is 6.54 Å². The molecule has 0 radical (unpaired) electrons. The summed E-state index contributed by atoms with van der Waals surface area (Å²) in [5.41, 5.74) is 2.86. The highest BCUT2D eigenvalue weighted by molar-refractivity contribution is 9.10. The molecule has 1 saturated carbocycles. The molecule has 0 saturated heterocycles. The third kappa shape index (κ3) is 4.92. The van der Waals surface area contributed by atoms with Gasteiger partial charge in [0.25, 0.3) is 0 Å². The van der Waals surface area contributed by atoms with Crippen LogP contribution < -0.4 is 5.32 Å². The molecule has 0 heterocycles. The van der Waals surface area contributed by atoms with Crippen LogP contribution in [0.4, 0.5) is 0 Å². The lowest BCUT2D eigenvalue weighted by molar-refractivity contribution is 0.274. The molecule has 3 rings (SSSR count). The number of rotatable bonds is 8. The van der Waals surface area contributed by atoms with Gasteiger partial charge in [0.1, 0.15) is 0 Å². The van der Waals surface area contributed by atoms with Gasteiger partial charge in [-0.25, -0.2) is 0 Å². The van der Waals surface area contributed by atoms with Crippen LogP contribution in [0.25, 0.3) is 0 Å². The van der Waals surface area contributed by atoms with E-state index in [0.717, 1.165) is 25.6 Å². The van der Waals surface area contributed by atoms with Gasteiger partial charge in [-0.05, 0) is 62.5 Å². The zero-order valence-electron chi connectivity index (χ0n) is 14.4. The summed E-state index contributed by atoms with van der Waals surface area (Å²) < 4.78 is 1.26. The normalized spacial score (nSPS) is 20.1. The fraction of sp³-hybridized carbons (Fsp3) is 0.429. The zero-order chi connectivity index (χ0) is 16.8. The van der Waals surface area contributed by atoms with Crippen LogP contribution in [0.15, 0.2) is 59.1 Å². The Hall–Kier alpha value is -1.16.